The van der Waals surface area contributed by atoms with Crippen LogP contribution in [-0.2, 0) is 33.0 Å². The highest BCUT2D eigenvalue weighted by atomic mass is 35.5. The molecule has 0 amide bonds. The molecule has 0 bridgehead atoms. The smallest absolute Gasteiger partial charge is 0.337 e. The lowest BCUT2D eigenvalue weighted by Gasteiger charge is -2.33. The fourth-order valence-electron chi connectivity index (χ4n) is 6.89. The van der Waals surface area contributed by atoms with Gasteiger partial charge in [0.1, 0.15) is 23.3 Å². The Bertz CT molecular complexity index is 1860. The quantitative estimate of drug-likeness (QED) is 0.175. The van der Waals surface area contributed by atoms with Gasteiger partial charge in [0.2, 0.25) is 0 Å². The van der Waals surface area contributed by atoms with Crippen LogP contribution in [0.4, 0.5) is 4.39 Å². The molecule has 4 aromatic rings. The maximum absolute atomic E-state index is 15.1. The number of piperidine rings is 1. The highest BCUT2D eigenvalue weighted by Crippen LogP contribution is 2.52. The molecule has 2 atom stereocenters. The molecule has 10 heteroatoms. The number of aromatic nitrogens is 2. The number of carbonyl (C=O) groups is 1. The van der Waals surface area contributed by atoms with Crippen molar-refractivity contribution in [1.29, 1.82) is 0 Å². The number of hydrogen-bond donors (Lipinski definition) is 0. The zero-order valence-electron chi connectivity index (χ0n) is 25.1. The largest absolute Gasteiger partial charge is 0.476 e. The lowest BCUT2D eigenvalue weighted by atomic mass is 9.84. The van der Waals surface area contributed by atoms with Crippen LogP contribution in [0.2, 0.25) is 5.02 Å². The second kappa shape index (κ2) is 11.7. The molecule has 45 heavy (non-hydrogen) atoms. The molecule has 3 aliphatic heterocycles. The van der Waals surface area contributed by atoms with Crippen LogP contribution in [0.3, 0.4) is 0 Å². The van der Waals surface area contributed by atoms with Crippen LogP contribution in [0.1, 0.15) is 65.0 Å². The molecule has 1 unspecified atom stereocenters. The van der Waals surface area contributed by atoms with Crippen molar-refractivity contribution < 1.29 is 28.2 Å². The van der Waals surface area contributed by atoms with E-state index in [1.54, 1.807) is 25.1 Å². The fourth-order valence-corrected chi connectivity index (χ4v) is 7.05. The van der Waals surface area contributed by atoms with Gasteiger partial charge in [-0.3, -0.25) is 4.90 Å². The summed E-state index contributed by atoms with van der Waals surface area (Å²) >= 11 is 6.00. The number of hydrogen-bond acceptors (Lipinski definition) is 7. The molecule has 0 saturated carbocycles. The van der Waals surface area contributed by atoms with Crippen LogP contribution in [0.25, 0.3) is 16.6 Å². The van der Waals surface area contributed by atoms with E-state index in [-0.39, 0.29) is 34.2 Å². The zero-order chi connectivity index (χ0) is 31.3. The van der Waals surface area contributed by atoms with Crippen molar-refractivity contribution in [2.24, 2.45) is 0 Å². The molecule has 0 radical (unpaired) electrons. The van der Waals surface area contributed by atoms with E-state index in [0.717, 1.165) is 61.4 Å². The Morgan fingerprint density at radius 3 is 2.64 bits per heavy atom. The summed E-state index contributed by atoms with van der Waals surface area (Å²) in [5.41, 5.74) is 3.11. The standard InChI is InChI=1S/C35H33ClFN3O5/c1-35(27-8-7-23(36)17-29(27)37)28(20-41)26-5-3-4-25(33(26)45-35)21-10-13-39(14-11-21)19-32-38-30-9-6-22(34(42)43-2)16-31(30)40(32)18-24-12-15-44-24/h3-9,16-17,21,24H,10-15,18-19H2,1-2H3/t24-,35?/m0/s1. The first-order chi connectivity index (χ1) is 21.8. The Kier molecular flexibility index (Phi) is 7.74. The summed E-state index contributed by atoms with van der Waals surface area (Å²) in [4.78, 5) is 31.8. The van der Waals surface area contributed by atoms with Gasteiger partial charge in [0.15, 0.2) is 5.60 Å². The lowest BCUT2D eigenvalue weighted by Crippen LogP contribution is -2.35. The summed E-state index contributed by atoms with van der Waals surface area (Å²) in [7, 11) is 1.38. The lowest BCUT2D eigenvalue weighted by molar-refractivity contribution is -0.0592. The van der Waals surface area contributed by atoms with Crippen LogP contribution < -0.4 is 4.74 Å². The van der Waals surface area contributed by atoms with Crippen molar-refractivity contribution in [3.05, 3.63) is 93.5 Å². The molecule has 1 aromatic heterocycles. The summed E-state index contributed by atoms with van der Waals surface area (Å²) in [6.45, 7) is 5.49. The van der Waals surface area contributed by atoms with E-state index in [4.69, 9.17) is 30.8 Å². The van der Waals surface area contributed by atoms with E-state index in [0.29, 0.717) is 30.0 Å². The summed E-state index contributed by atoms with van der Waals surface area (Å²) in [6, 6.07) is 15.7. The number of likely N-dealkylation sites (tertiary alicyclic amines) is 1. The van der Waals surface area contributed by atoms with Crippen molar-refractivity contribution in [2.75, 3.05) is 26.8 Å². The van der Waals surface area contributed by atoms with Crippen molar-refractivity contribution in [2.45, 2.75) is 56.9 Å². The van der Waals surface area contributed by atoms with Crippen molar-refractivity contribution in [3.8, 4) is 5.75 Å². The second-order valence-corrected chi connectivity index (χ2v) is 12.6. The number of methoxy groups -OCH3 is 1. The van der Waals surface area contributed by atoms with Gasteiger partial charge in [-0.1, -0.05) is 35.9 Å². The molecular formula is C35H33ClFN3O5. The zero-order valence-corrected chi connectivity index (χ0v) is 25.9. The monoisotopic (exact) mass is 629 g/mol. The first-order valence-corrected chi connectivity index (χ1v) is 15.6. The highest BCUT2D eigenvalue weighted by Gasteiger charge is 2.46. The highest BCUT2D eigenvalue weighted by molar-refractivity contribution is 6.30. The summed E-state index contributed by atoms with van der Waals surface area (Å²) < 4.78 is 34.4. The number of benzene rings is 3. The molecule has 232 valence electrons. The number of halogens is 2. The Labute approximate surface area is 265 Å². The number of fused-ring (bicyclic) bond motifs is 2. The third kappa shape index (κ3) is 5.24. The summed E-state index contributed by atoms with van der Waals surface area (Å²) in [5.74, 6) is 2.91. The predicted molar refractivity (Wildman–Crippen MR) is 168 cm³/mol. The van der Waals surface area contributed by atoms with Crippen LogP contribution in [-0.4, -0.2) is 59.3 Å². The summed E-state index contributed by atoms with van der Waals surface area (Å²) in [5, 5.41) is 0.275. The van der Waals surface area contributed by atoms with Crippen LogP contribution in [0.15, 0.2) is 54.6 Å². The molecule has 7 rings (SSSR count). The minimum absolute atomic E-state index is 0.131. The van der Waals surface area contributed by atoms with E-state index in [2.05, 4.69) is 15.4 Å². The summed E-state index contributed by atoms with van der Waals surface area (Å²) in [6.07, 6.45) is 2.88. The van der Waals surface area contributed by atoms with Gasteiger partial charge in [-0.05, 0) is 81.1 Å². The van der Waals surface area contributed by atoms with Gasteiger partial charge in [0, 0.05) is 22.8 Å². The van der Waals surface area contributed by atoms with E-state index in [1.807, 2.05) is 30.3 Å². The Morgan fingerprint density at radius 1 is 1.16 bits per heavy atom. The van der Waals surface area contributed by atoms with Gasteiger partial charge < -0.3 is 18.8 Å². The van der Waals surface area contributed by atoms with E-state index in [1.165, 1.54) is 13.2 Å². The molecule has 2 fully saturated rings. The van der Waals surface area contributed by atoms with Crippen molar-refractivity contribution in [3.63, 3.8) is 0 Å². The Hall–Kier alpha value is -4.01. The average Bonchev–Trinajstić information content (AvgIpc) is 3.51. The number of imidazole rings is 1. The van der Waals surface area contributed by atoms with Gasteiger partial charge in [-0.25, -0.2) is 19.0 Å². The van der Waals surface area contributed by atoms with E-state index < -0.39 is 11.4 Å². The molecule has 3 aromatic carbocycles. The fraction of sp³-hybridized carbons (Fsp3) is 0.371. The van der Waals surface area contributed by atoms with Gasteiger partial charge in [0.05, 0.1) is 48.5 Å². The molecule has 4 heterocycles. The van der Waals surface area contributed by atoms with Crippen molar-refractivity contribution >= 4 is 40.1 Å². The van der Waals surface area contributed by atoms with Gasteiger partial charge in [-0.2, -0.15) is 0 Å². The van der Waals surface area contributed by atoms with Gasteiger partial charge in [0.25, 0.3) is 0 Å². The van der Waals surface area contributed by atoms with Crippen LogP contribution >= 0.6 is 11.6 Å². The number of rotatable bonds is 7. The average molecular weight is 630 g/mol. The number of ether oxygens (including phenoxy) is 3. The molecule has 2 saturated heterocycles. The molecule has 0 aliphatic carbocycles. The van der Waals surface area contributed by atoms with E-state index >= 15 is 4.39 Å². The predicted octanol–water partition coefficient (Wildman–Crippen LogP) is 6.31. The third-order valence-electron chi connectivity index (χ3n) is 9.47. The van der Waals surface area contributed by atoms with E-state index in [9.17, 15) is 9.59 Å². The molecule has 8 nitrogen and oxygen atoms in total. The molecular weight excluding hydrogens is 597 g/mol. The molecule has 3 aliphatic rings. The number of carbonyl (C=O) groups excluding carboxylic acids is 2. The Morgan fingerprint density at radius 2 is 1.96 bits per heavy atom. The minimum atomic E-state index is -1.31. The minimum Gasteiger partial charge on any atom is -0.476 e. The second-order valence-electron chi connectivity index (χ2n) is 12.1. The van der Waals surface area contributed by atoms with Gasteiger partial charge in [-0.15, -0.1) is 0 Å². The topological polar surface area (TPSA) is 82.9 Å². The SMILES string of the molecule is COC(=O)c1ccc2nc(CN3CCC(c4cccc5c4OC(C)(c4ccc(Cl)cc4F)C5=C=O)CC3)n(C[C@@H]3CCO3)c2c1. The maximum atomic E-state index is 15.1. The first-order valence-electron chi connectivity index (χ1n) is 15.2. The number of para-hydroxylation sites is 1. The normalized spacial score (nSPS) is 21.7. The van der Waals surface area contributed by atoms with Crippen LogP contribution in [0.5, 0.6) is 5.75 Å². The number of esters is 1. The third-order valence-corrected chi connectivity index (χ3v) is 9.70. The number of nitrogens with zero attached hydrogens (tertiary/aromatic N) is 3. The first kappa shape index (κ1) is 29.7. The Balaban J connectivity index is 1.11. The van der Waals surface area contributed by atoms with Crippen LogP contribution in [0, 0.1) is 5.82 Å². The van der Waals surface area contributed by atoms with Crippen molar-refractivity contribution in [1.82, 2.24) is 14.5 Å². The molecule has 0 spiro atoms. The maximum Gasteiger partial charge on any atom is 0.337 e. The van der Waals surface area contributed by atoms with Gasteiger partial charge >= 0.3 is 5.97 Å². The molecule has 0 N–H and O–H groups in total.